The number of nitrogens with zero attached hydrogens (tertiary/aromatic N) is 2. The summed E-state index contributed by atoms with van der Waals surface area (Å²) in [4.78, 5) is 5.26. The quantitative estimate of drug-likeness (QED) is 0.770. The van der Waals surface area contributed by atoms with Crippen LogP contribution in [0.3, 0.4) is 0 Å². The Morgan fingerprint density at radius 3 is 2.75 bits per heavy atom. The third-order valence-corrected chi connectivity index (χ3v) is 4.97. The van der Waals surface area contributed by atoms with E-state index in [9.17, 15) is 0 Å². The van der Waals surface area contributed by atoms with Crippen molar-refractivity contribution in [3.8, 4) is 0 Å². The molecule has 3 aliphatic rings. The molecule has 3 fully saturated rings. The lowest BCUT2D eigenvalue weighted by Gasteiger charge is -2.32. The number of nitrogens with one attached hydrogen (secondary N) is 1. The van der Waals surface area contributed by atoms with Gasteiger partial charge in [-0.25, -0.2) is 0 Å². The van der Waals surface area contributed by atoms with Crippen LogP contribution in [-0.4, -0.2) is 87.6 Å². The summed E-state index contributed by atoms with van der Waals surface area (Å²) in [5, 5.41) is 3.56. The molecule has 0 bridgehead atoms. The molecule has 3 atom stereocenters. The smallest absolute Gasteiger partial charge is 0.0623 e. The van der Waals surface area contributed by atoms with Gasteiger partial charge in [0, 0.05) is 44.2 Å². The monoisotopic (exact) mass is 283 g/mol. The maximum atomic E-state index is 5.66. The largest absolute Gasteiger partial charge is 0.379 e. The molecule has 0 saturated carbocycles. The van der Waals surface area contributed by atoms with E-state index in [-0.39, 0.29) is 0 Å². The van der Waals surface area contributed by atoms with E-state index in [2.05, 4.69) is 22.0 Å². The van der Waals surface area contributed by atoms with Crippen molar-refractivity contribution in [2.24, 2.45) is 5.92 Å². The van der Waals surface area contributed by atoms with E-state index in [0.717, 1.165) is 52.1 Å². The lowest BCUT2D eigenvalue weighted by atomic mass is 10.0. The third-order valence-electron chi connectivity index (χ3n) is 4.97. The predicted molar refractivity (Wildman–Crippen MR) is 79.0 cm³/mol. The van der Waals surface area contributed by atoms with Crippen molar-refractivity contribution >= 4 is 0 Å². The normalized spacial score (nSPS) is 36.8. The van der Waals surface area contributed by atoms with Gasteiger partial charge in [-0.3, -0.25) is 4.90 Å². The summed E-state index contributed by atoms with van der Waals surface area (Å²) in [5.74, 6) is 0.665. The minimum atomic E-state index is 0.558. The SMILES string of the molecule is CCNC1COCC1CN1CCC(N2CCOCC2)C1. The maximum Gasteiger partial charge on any atom is 0.0623 e. The van der Waals surface area contributed by atoms with Crippen molar-refractivity contribution in [2.75, 3.05) is 65.7 Å². The standard InChI is InChI=1S/C15H29N3O2/c1-2-16-15-12-20-11-13(15)9-17-4-3-14(10-17)18-5-7-19-8-6-18/h13-16H,2-12H2,1H3. The summed E-state index contributed by atoms with van der Waals surface area (Å²) in [7, 11) is 0. The van der Waals surface area contributed by atoms with Crippen LogP contribution in [0.2, 0.25) is 0 Å². The number of ether oxygens (including phenoxy) is 2. The molecule has 0 radical (unpaired) electrons. The Balaban J connectivity index is 1.45. The Labute approximate surface area is 122 Å². The average Bonchev–Trinajstić information content (AvgIpc) is 3.11. The highest BCUT2D eigenvalue weighted by Crippen LogP contribution is 2.21. The first-order chi connectivity index (χ1) is 9.86. The van der Waals surface area contributed by atoms with Gasteiger partial charge in [0.05, 0.1) is 26.4 Å². The minimum absolute atomic E-state index is 0.558. The zero-order valence-corrected chi connectivity index (χ0v) is 12.7. The van der Waals surface area contributed by atoms with E-state index in [1.165, 1.54) is 26.1 Å². The van der Waals surface area contributed by atoms with Crippen molar-refractivity contribution in [2.45, 2.75) is 25.4 Å². The van der Waals surface area contributed by atoms with Gasteiger partial charge in [-0.2, -0.15) is 0 Å². The van der Waals surface area contributed by atoms with Gasteiger partial charge < -0.3 is 19.7 Å². The summed E-state index contributed by atoms with van der Waals surface area (Å²) >= 11 is 0. The Kier molecular flexibility index (Phi) is 5.29. The third kappa shape index (κ3) is 3.52. The molecule has 0 aromatic carbocycles. The first-order valence-corrected chi connectivity index (χ1v) is 8.22. The van der Waals surface area contributed by atoms with Crippen LogP contribution in [0.4, 0.5) is 0 Å². The average molecular weight is 283 g/mol. The maximum absolute atomic E-state index is 5.66. The van der Waals surface area contributed by atoms with Crippen molar-refractivity contribution in [3.05, 3.63) is 0 Å². The molecule has 3 aliphatic heterocycles. The zero-order valence-electron chi connectivity index (χ0n) is 12.7. The lowest BCUT2D eigenvalue weighted by molar-refractivity contribution is 0.0181. The molecule has 0 aromatic rings. The van der Waals surface area contributed by atoms with Gasteiger partial charge in [0.15, 0.2) is 0 Å². The highest BCUT2D eigenvalue weighted by Gasteiger charge is 2.33. The van der Waals surface area contributed by atoms with E-state index in [0.29, 0.717) is 12.0 Å². The van der Waals surface area contributed by atoms with Gasteiger partial charge in [-0.05, 0) is 19.5 Å². The Hall–Kier alpha value is -0.200. The summed E-state index contributed by atoms with van der Waals surface area (Å²) in [5.41, 5.74) is 0. The van der Waals surface area contributed by atoms with Gasteiger partial charge in [-0.1, -0.05) is 6.92 Å². The molecule has 3 heterocycles. The summed E-state index contributed by atoms with van der Waals surface area (Å²) < 4.78 is 11.1. The molecule has 3 saturated heterocycles. The molecule has 116 valence electrons. The number of morpholine rings is 1. The molecule has 0 spiro atoms. The second-order valence-corrected chi connectivity index (χ2v) is 6.31. The molecular formula is C15H29N3O2. The van der Waals surface area contributed by atoms with E-state index in [1.807, 2.05) is 0 Å². The van der Waals surface area contributed by atoms with Crippen LogP contribution in [0.15, 0.2) is 0 Å². The number of likely N-dealkylation sites (N-methyl/N-ethyl adjacent to an activating group) is 1. The molecule has 5 heteroatoms. The lowest BCUT2D eigenvalue weighted by Crippen LogP contribution is -2.46. The van der Waals surface area contributed by atoms with Crippen LogP contribution in [-0.2, 0) is 9.47 Å². The fraction of sp³-hybridized carbons (Fsp3) is 1.00. The molecule has 0 amide bonds. The fourth-order valence-electron chi connectivity index (χ4n) is 3.82. The van der Waals surface area contributed by atoms with Gasteiger partial charge in [0.2, 0.25) is 0 Å². The van der Waals surface area contributed by atoms with Crippen molar-refractivity contribution in [3.63, 3.8) is 0 Å². The Morgan fingerprint density at radius 1 is 1.10 bits per heavy atom. The van der Waals surface area contributed by atoms with Crippen LogP contribution < -0.4 is 5.32 Å². The summed E-state index contributed by atoms with van der Waals surface area (Å²) in [6.07, 6.45) is 1.32. The van der Waals surface area contributed by atoms with Crippen LogP contribution in [0, 0.1) is 5.92 Å². The second kappa shape index (κ2) is 7.18. The van der Waals surface area contributed by atoms with Gasteiger partial charge >= 0.3 is 0 Å². The highest BCUT2D eigenvalue weighted by atomic mass is 16.5. The molecular weight excluding hydrogens is 254 g/mol. The Morgan fingerprint density at radius 2 is 1.95 bits per heavy atom. The number of hydrogen-bond acceptors (Lipinski definition) is 5. The molecule has 3 rings (SSSR count). The van der Waals surface area contributed by atoms with Crippen molar-refractivity contribution in [1.29, 1.82) is 0 Å². The predicted octanol–water partition coefficient (Wildman–Crippen LogP) is 0.0174. The van der Waals surface area contributed by atoms with Crippen LogP contribution in [0.5, 0.6) is 0 Å². The molecule has 1 N–H and O–H groups in total. The second-order valence-electron chi connectivity index (χ2n) is 6.31. The molecule has 3 unspecified atom stereocenters. The van der Waals surface area contributed by atoms with E-state index < -0.39 is 0 Å². The Bertz CT molecular complexity index is 297. The van der Waals surface area contributed by atoms with Gasteiger partial charge in [0.25, 0.3) is 0 Å². The summed E-state index contributed by atoms with van der Waals surface area (Å²) in [6.45, 7) is 12.8. The van der Waals surface area contributed by atoms with Crippen molar-refractivity contribution in [1.82, 2.24) is 15.1 Å². The molecule has 5 nitrogen and oxygen atoms in total. The molecule has 0 aromatic heterocycles. The van der Waals surface area contributed by atoms with E-state index in [1.54, 1.807) is 0 Å². The zero-order chi connectivity index (χ0) is 13.8. The summed E-state index contributed by atoms with van der Waals surface area (Å²) in [6, 6.07) is 1.31. The number of rotatable bonds is 5. The number of hydrogen-bond donors (Lipinski definition) is 1. The van der Waals surface area contributed by atoms with E-state index >= 15 is 0 Å². The van der Waals surface area contributed by atoms with E-state index in [4.69, 9.17) is 9.47 Å². The fourth-order valence-corrected chi connectivity index (χ4v) is 3.82. The molecule has 20 heavy (non-hydrogen) atoms. The van der Waals surface area contributed by atoms with Crippen LogP contribution in [0.25, 0.3) is 0 Å². The molecule has 0 aliphatic carbocycles. The highest BCUT2D eigenvalue weighted by molar-refractivity contribution is 4.89. The van der Waals surface area contributed by atoms with Crippen LogP contribution >= 0.6 is 0 Å². The van der Waals surface area contributed by atoms with Crippen molar-refractivity contribution < 1.29 is 9.47 Å². The first kappa shape index (κ1) is 14.7. The minimum Gasteiger partial charge on any atom is -0.379 e. The topological polar surface area (TPSA) is 37.0 Å². The van der Waals surface area contributed by atoms with Gasteiger partial charge in [-0.15, -0.1) is 0 Å². The van der Waals surface area contributed by atoms with Gasteiger partial charge in [0.1, 0.15) is 0 Å². The number of likely N-dealkylation sites (tertiary alicyclic amines) is 1. The van der Waals surface area contributed by atoms with Crippen LogP contribution in [0.1, 0.15) is 13.3 Å². The first-order valence-electron chi connectivity index (χ1n) is 8.22.